The minimum absolute atomic E-state index is 0.110. The molecule has 5 N–H and O–H groups in total. The topological polar surface area (TPSA) is 123 Å². The second-order valence-electron chi connectivity index (χ2n) is 4.00. The number of carbonyl (C=O) groups excluding carboxylic acids is 1. The Bertz CT molecular complexity index is 689. The Morgan fingerprint density at radius 3 is 2.68 bits per heavy atom. The third kappa shape index (κ3) is 2.13. The van der Waals surface area contributed by atoms with Crippen molar-refractivity contribution in [1.82, 2.24) is 9.88 Å². The van der Waals surface area contributed by atoms with Crippen LogP contribution in [0, 0.1) is 5.41 Å². The van der Waals surface area contributed by atoms with Gasteiger partial charge in [0.25, 0.3) is 5.91 Å². The van der Waals surface area contributed by atoms with E-state index >= 15 is 0 Å². The minimum atomic E-state index is -1.07. The van der Waals surface area contributed by atoms with Gasteiger partial charge in [-0.15, -0.1) is 0 Å². The number of fused-ring (bicyclic) bond motifs is 1. The van der Waals surface area contributed by atoms with E-state index in [1.807, 2.05) is 0 Å². The lowest BCUT2D eigenvalue weighted by atomic mass is 10.1. The molecule has 19 heavy (non-hydrogen) atoms. The molecule has 7 nitrogen and oxygen atoms in total. The Morgan fingerprint density at radius 1 is 1.42 bits per heavy atom. The largest absolute Gasteiger partial charge is 0.478 e. The predicted octanol–water partition coefficient (Wildman–Crippen LogP) is 0.832. The second kappa shape index (κ2) is 4.45. The van der Waals surface area contributed by atoms with Gasteiger partial charge in [-0.1, -0.05) is 6.07 Å². The molecule has 1 heterocycles. The van der Waals surface area contributed by atoms with Crippen molar-refractivity contribution in [1.29, 1.82) is 5.41 Å². The van der Waals surface area contributed by atoms with E-state index in [1.54, 1.807) is 12.1 Å². The fraction of sp³-hybridized carbons (Fsp3) is 0.0833. The normalized spacial score (nSPS) is 10.4. The number of nitrogens with two attached hydrogens (primary N) is 1. The van der Waals surface area contributed by atoms with Crippen molar-refractivity contribution < 1.29 is 14.7 Å². The molecule has 7 heteroatoms. The number of aromatic carboxylic acids is 1. The first-order valence-electron chi connectivity index (χ1n) is 5.39. The molecule has 0 fully saturated rings. The molecular weight excluding hydrogens is 248 g/mol. The number of carboxylic acids is 1. The van der Waals surface area contributed by atoms with Crippen LogP contribution < -0.4 is 5.73 Å². The number of H-pyrrole nitrogens is 1. The third-order valence-corrected chi connectivity index (χ3v) is 2.79. The van der Waals surface area contributed by atoms with E-state index in [2.05, 4.69) is 4.98 Å². The van der Waals surface area contributed by atoms with Crippen molar-refractivity contribution in [3.63, 3.8) is 0 Å². The summed E-state index contributed by atoms with van der Waals surface area (Å²) in [5, 5.41) is 16.7. The maximum Gasteiger partial charge on any atom is 0.336 e. The summed E-state index contributed by atoms with van der Waals surface area (Å²) in [6.45, 7) is 0. The first-order chi connectivity index (χ1) is 8.91. The van der Waals surface area contributed by atoms with Gasteiger partial charge in [0.1, 0.15) is 5.69 Å². The number of aromatic nitrogens is 1. The Labute approximate surface area is 108 Å². The number of guanidine groups is 1. The van der Waals surface area contributed by atoms with Gasteiger partial charge in [0.2, 0.25) is 0 Å². The molecule has 1 aromatic carbocycles. The summed E-state index contributed by atoms with van der Waals surface area (Å²) >= 11 is 0. The van der Waals surface area contributed by atoms with Crippen molar-refractivity contribution in [2.24, 2.45) is 5.73 Å². The number of carboxylic acid groups (broad SMARTS) is 1. The number of benzene rings is 1. The zero-order valence-electron chi connectivity index (χ0n) is 10.1. The minimum Gasteiger partial charge on any atom is -0.478 e. The van der Waals surface area contributed by atoms with Gasteiger partial charge in [0, 0.05) is 18.0 Å². The molecule has 1 aromatic heterocycles. The fourth-order valence-corrected chi connectivity index (χ4v) is 1.75. The maximum atomic E-state index is 12.0. The molecule has 98 valence electrons. The Hall–Kier alpha value is -2.83. The van der Waals surface area contributed by atoms with Crippen LogP contribution in [-0.2, 0) is 0 Å². The average Bonchev–Trinajstić information content (AvgIpc) is 2.79. The zero-order chi connectivity index (χ0) is 14.2. The van der Waals surface area contributed by atoms with Crippen molar-refractivity contribution in [2.45, 2.75) is 0 Å². The highest BCUT2D eigenvalue weighted by Crippen LogP contribution is 2.20. The van der Waals surface area contributed by atoms with Gasteiger partial charge in [-0.05, 0) is 18.2 Å². The molecule has 1 amide bonds. The molecule has 0 radical (unpaired) electrons. The van der Waals surface area contributed by atoms with Gasteiger partial charge >= 0.3 is 5.97 Å². The van der Waals surface area contributed by atoms with Gasteiger partial charge in [-0.25, -0.2) is 4.79 Å². The molecule has 0 aliphatic heterocycles. The van der Waals surface area contributed by atoms with E-state index in [9.17, 15) is 9.59 Å². The second-order valence-corrected chi connectivity index (χ2v) is 4.00. The Kier molecular flexibility index (Phi) is 2.95. The first kappa shape index (κ1) is 12.6. The van der Waals surface area contributed by atoms with Gasteiger partial charge in [0.05, 0.1) is 5.56 Å². The van der Waals surface area contributed by atoms with Gasteiger partial charge in [0.15, 0.2) is 5.96 Å². The van der Waals surface area contributed by atoms with Crippen LogP contribution in [0.3, 0.4) is 0 Å². The molecule has 0 saturated heterocycles. The lowest BCUT2D eigenvalue weighted by Crippen LogP contribution is -2.38. The highest BCUT2D eigenvalue weighted by atomic mass is 16.4. The number of carbonyl (C=O) groups is 2. The number of hydrogen-bond donors (Lipinski definition) is 4. The van der Waals surface area contributed by atoms with E-state index in [4.69, 9.17) is 16.2 Å². The highest BCUT2D eigenvalue weighted by molar-refractivity contribution is 6.09. The molecule has 2 rings (SSSR count). The molecule has 0 unspecified atom stereocenters. The lowest BCUT2D eigenvalue weighted by Gasteiger charge is -2.12. The summed E-state index contributed by atoms with van der Waals surface area (Å²) < 4.78 is 0. The van der Waals surface area contributed by atoms with Crippen LogP contribution in [-0.4, -0.2) is 39.9 Å². The van der Waals surface area contributed by atoms with Crippen molar-refractivity contribution in [3.8, 4) is 0 Å². The average molecular weight is 260 g/mol. The van der Waals surface area contributed by atoms with Crippen LogP contribution >= 0.6 is 0 Å². The molecule has 0 spiro atoms. The van der Waals surface area contributed by atoms with E-state index in [0.717, 1.165) is 4.90 Å². The Balaban J connectivity index is 2.53. The lowest BCUT2D eigenvalue weighted by molar-refractivity contribution is 0.0698. The molecular formula is C12H12N4O3. The van der Waals surface area contributed by atoms with Crippen molar-refractivity contribution in [3.05, 3.63) is 35.5 Å². The standard InChI is InChI=1S/C12H12N4O3/c1-16(12(13)14)10(17)9-5-7-6(11(18)19)3-2-4-8(7)15-9/h2-5,15H,1H3,(H3,13,14)(H,18,19). The molecule has 0 aliphatic rings. The van der Waals surface area contributed by atoms with E-state index in [1.165, 1.54) is 19.2 Å². The number of aromatic amines is 1. The molecule has 2 aromatic rings. The van der Waals surface area contributed by atoms with Crippen LogP contribution in [0.25, 0.3) is 10.9 Å². The smallest absolute Gasteiger partial charge is 0.336 e. The molecule has 0 bridgehead atoms. The van der Waals surface area contributed by atoms with Gasteiger partial charge in [-0.3, -0.25) is 15.1 Å². The summed E-state index contributed by atoms with van der Waals surface area (Å²) in [6, 6.07) is 6.17. The summed E-state index contributed by atoms with van der Waals surface area (Å²) in [7, 11) is 1.37. The van der Waals surface area contributed by atoms with Gasteiger partial charge in [-0.2, -0.15) is 0 Å². The van der Waals surface area contributed by atoms with Crippen molar-refractivity contribution >= 4 is 28.7 Å². The van der Waals surface area contributed by atoms with Crippen LogP contribution in [0.5, 0.6) is 0 Å². The SMILES string of the molecule is CN(C(=N)N)C(=O)c1cc2c(C(=O)O)cccc2[nH]1. The highest BCUT2D eigenvalue weighted by Gasteiger charge is 2.18. The van der Waals surface area contributed by atoms with Crippen LogP contribution in [0.1, 0.15) is 20.8 Å². The van der Waals surface area contributed by atoms with Crippen LogP contribution in [0.15, 0.2) is 24.3 Å². The summed E-state index contributed by atoms with van der Waals surface area (Å²) in [6.07, 6.45) is 0. The summed E-state index contributed by atoms with van der Waals surface area (Å²) in [5.74, 6) is -1.95. The predicted molar refractivity (Wildman–Crippen MR) is 69.3 cm³/mol. The van der Waals surface area contributed by atoms with Crippen LogP contribution in [0.2, 0.25) is 0 Å². The number of rotatable bonds is 2. The quantitative estimate of drug-likeness (QED) is 0.471. The zero-order valence-corrected chi connectivity index (χ0v) is 10.1. The fourth-order valence-electron chi connectivity index (χ4n) is 1.75. The third-order valence-electron chi connectivity index (χ3n) is 2.79. The Morgan fingerprint density at radius 2 is 2.11 bits per heavy atom. The number of nitrogens with one attached hydrogen (secondary N) is 2. The maximum absolute atomic E-state index is 12.0. The van der Waals surface area contributed by atoms with E-state index < -0.39 is 11.9 Å². The summed E-state index contributed by atoms with van der Waals surface area (Å²) in [5.41, 5.74) is 6.06. The number of hydrogen-bond acceptors (Lipinski definition) is 3. The number of amides is 1. The molecule has 0 aliphatic carbocycles. The van der Waals surface area contributed by atoms with Gasteiger partial charge < -0.3 is 15.8 Å². The van der Waals surface area contributed by atoms with Crippen LogP contribution in [0.4, 0.5) is 0 Å². The molecule has 0 saturated carbocycles. The van der Waals surface area contributed by atoms with E-state index in [0.29, 0.717) is 10.9 Å². The number of nitrogens with zero attached hydrogens (tertiary/aromatic N) is 1. The molecule has 0 atom stereocenters. The first-order valence-corrected chi connectivity index (χ1v) is 5.39. The summed E-state index contributed by atoms with van der Waals surface area (Å²) in [4.78, 5) is 26.8. The van der Waals surface area contributed by atoms with Crippen molar-refractivity contribution in [2.75, 3.05) is 7.05 Å². The monoisotopic (exact) mass is 260 g/mol. The van der Waals surface area contributed by atoms with E-state index in [-0.39, 0.29) is 17.2 Å².